The van der Waals surface area contributed by atoms with E-state index in [0.717, 1.165) is 19.3 Å². The summed E-state index contributed by atoms with van der Waals surface area (Å²) in [6.07, 6.45) is 8.12. The highest BCUT2D eigenvalue weighted by atomic mass is 19.1. The highest BCUT2D eigenvalue weighted by Gasteiger charge is 2.15. The van der Waals surface area contributed by atoms with E-state index < -0.39 is 11.6 Å². The molecule has 2 nitrogen and oxygen atoms in total. The van der Waals surface area contributed by atoms with Crippen molar-refractivity contribution >= 4 is 11.6 Å². The van der Waals surface area contributed by atoms with Crippen molar-refractivity contribution in [3.63, 3.8) is 0 Å². The quantitative estimate of drug-likeness (QED) is 0.352. The topological polar surface area (TPSA) is 34.1 Å². The van der Waals surface area contributed by atoms with Crippen LogP contribution in [0.3, 0.4) is 0 Å². The maximum Gasteiger partial charge on any atom is 0.228 e. The van der Waals surface area contributed by atoms with Crippen LogP contribution in [0.5, 0.6) is 0 Å². The zero-order valence-electron chi connectivity index (χ0n) is 12.2. The number of hydrogen-bond donors (Lipinski definition) is 0. The van der Waals surface area contributed by atoms with Crippen LogP contribution < -0.4 is 0 Å². The van der Waals surface area contributed by atoms with Gasteiger partial charge in [-0.2, -0.15) is 0 Å². The fraction of sp³-hybridized carbons (Fsp3) is 0.529. The number of ketones is 2. The van der Waals surface area contributed by atoms with Crippen molar-refractivity contribution in [2.75, 3.05) is 0 Å². The van der Waals surface area contributed by atoms with E-state index in [2.05, 4.69) is 6.92 Å². The second-order valence-corrected chi connectivity index (χ2v) is 5.13. The minimum atomic E-state index is -0.504. The van der Waals surface area contributed by atoms with E-state index in [1.165, 1.54) is 49.9 Å². The molecule has 0 aliphatic carbocycles. The Morgan fingerprint density at radius 2 is 1.45 bits per heavy atom. The largest absolute Gasteiger partial charge is 0.290 e. The van der Waals surface area contributed by atoms with E-state index in [9.17, 15) is 14.0 Å². The molecule has 0 aromatic heterocycles. The maximum absolute atomic E-state index is 12.7. The molecule has 0 aliphatic heterocycles. The first-order valence-electron chi connectivity index (χ1n) is 7.48. The van der Waals surface area contributed by atoms with Crippen LogP contribution in [-0.4, -0.2) is 11.6 Å². The lowest BCUT2D eigenvalue weighted by atomic mass is 10.0. The molecule has 0 atom stereocenters. The van der Waals surface area contributed by atoms with Crippen LogP contribution in [0.15, 0.2) is 24.3 Å². The molecule has 1 rings (SSSR count). The Kier molecular flexibility index (Phi) is 7.78. The van der Waals surface area contributed by atoms with Gasteiger partial charge >= 0.3 is 0 Å². The Morgan fingerprint density at radius 1 is 0.900 bits per heavy atom. The minimum absolute atomic E-state index is 0.277. The van der Waals surface area contributed by atoms with E-state index in [4.69, 9.17) is 0 Å². The van der Waals surface area contributed by atoms with Gasteiger partial charge in [-0.25, -0.2) is 4.39 Å². The van der Waals surface area contributed by atoms with Crippen molar-refractivity contribution in [3.05, 3.63) is 35.6 Å². The van der Waals surface area contributed by atoms with Crippen molar-refractivity contribution in [2.24, 2.45) is 0 Å². The Morgan fingerprint density at radius 3 is 2.05 bits per heavy atom. The molecular formula is C17H23FO2. The lowest BCUT2D eigenvalue weighted by molar-refractivity contribution is -0.115. The van der Waals surface area contributed by atoms with E-state index in [0.29, 0.717) is 6.42 Å². The van der Waals surface area contributed by atoms with Crippen LogP contribution in [0, 0.1) is 5.82 Å². The molecule has 0 radical (unpaired) electrons. The van der Waals surface area contributed by atoms with Crippen molar-refractivity contribution in [3.8, 4) is 0 Å². The predicted octanol–water partition coefficient (Wildman–Crippen LogP) is 4.72. The normalized spacial score (nSPS) is 10.5. The number of halogens is 1. The summed E-state index contributed by atoms with van der Waals surface area (Å²) >= 11 is 0. The van der Waals surface area contributed by atoms with Crippen LogP contribution in [0.1, 0.15) is 68.6 Å². The van der Waals surface area contributed by atoms with Crippen LogP contribution in [-0.2, 0) is 4.79 Å². The van der Waals surface area contributed by atoms with Gasteiger partial charge in [0, 0.05) is 12.0 Å². The van der Waals surface area contributed by atoms with Crippen molar-refractivity contribution in [1.82, 2.24) is 0 Å². The van der Waals surface area contributed by atoms with Crippen LogP contribution in [0.2, 0.25) is 0 Å². The Hall–Kier alpha value is -1.51. The number of hydrogen-bond acceptors (Lipinski definition) is 2. The first-order valence-corrected chi connectivity index (χ1v) is 7.48. The maximum atomic E-state index is 12.7. The number of Topliss-reactive ketones (excluding diaryl/α,β-unsaturated/α-hetero) is 2. The number of benzene rings is 1. The Balaban J connectivity index is 2.22. The van der Waals surface area contributed by atoms with Gasteiger partial charge in [-0.15, -0.1) is 0 Å². The van der Waals surface area contributed by atoms with Crippen molar-refractivity contribution < 1.29 is 14.0 Å². The lowest BCUT2D eigenvalue weighted by Crippen LogP contribution is -2.13. The summed E-state index contributed by atoms with van der Waals surface area (Å²) in [6, 6.07) is 5.13. The molecule has 110 valence electrons. The number of carbonyl (C=O) groups excluding carboxylic acids is 2. The molecule has 0 amide bonds. The average Bonchev–Trinajstić information content (AvgIpc) is 2.46. The van der Waals surface area contributed by atoms with Crippen molar-refractivity contribution in [2.45, 2.75) is 58.3 Å². The second kappa shape index (κ2) is 9.40. The van der Waals surface area contributed by atoms with Gasteiger partial charge in [0.15, 0.2) is 0 Å². The molecule has 0 fully saturated rings. The van der Waals surface area contributed by atoms with Gasteiger partial charge in [-0.05, 0) is 30.7 Å². The smallest absolute Gasteiger partial charge is 0.228 e. The third-order valence-electron chi connectivity index (χ3n) is 3.37. The van der Waals surface area contributed by atoms with E-state index >= 15 is 0 Å². The van der Waals surface area contributed by atoms with Gasteiger partial charge in [-0.3, -0.25) is 9.59 Å². The Labute approximate surface area is 120 Å². The molecule has 0 saturated heterocycles. The summed E-state index contributed by atoms with van der Waals surface area (Å²) in [4.78, 5) is 23.5. The zero-order valence-corrected chi connectivity index (χ0v) is 12.2. The van der Waals surface area contributed by atoms with Gasteiger partial charge in [-0.1, -0.05) is 45.4 Å². The van der Waals surface area contributed by atoms with Crippen LogP contribution in [0.25, 0.3) is 0 Å². The molecule has 0 unspecified atom stereocenters. The lowest BCUT2D eigenvalue weighted by Gasteiger charge is -2.02. The van der Waals surface area contributed by atoms with E-state index in [1.54, 1.807) is 0 Å². The third kappa shape index (κ3) is 6.09. The number of unbranched alkanes of at least 4 members (excludes halogenated alkanes) is 6. The molecule has 0 saturated carbocycles. The SMILES string of the molecule is CCCCCCCCCC(=O)C(=O)c1ccc(F)cc1. The number of carbonyl (C=O) groups is 2. The van der Waals surface area contributed by atoms with E-state index in [-0.39, 0.29) is 11.3 Å². The van der Waals surface area contributed by atoms with Gasteiger partial charge in [0.2, 0.25) is 11.6 Å². The highest BCUT2D eigenvalue weighted by Crippen LogP contribution is 2.11. The first-order chi connectivity index (χ1) is 9.65. The summed E-state index contributed by atoms with van der Waals surface area (Å²) in [5.41, 5.74) is 0.277. The van der Waals surface area contributed by atoms with Gasteiger partial charge < -0.3 is 0 Å². The molecule has 0 heterocycles. The first kappa shape index (κ1) is 16.5. The van der Waals surface area contributed by atoms with Crippen molar-refractivity contribution in [1.29, 1.82) is 0 Å². The molecule has 0 spiro atoms. The standard InChI is InChI=1S/C17H23FO2/c1-2-3-4-5-6-7-8-9-16(19)17(20)14-10-12-15(18)13-11-14/h10-13H,2-9H2,1H3. The molecular weight excluding hydrogens is 255 g/mol. The fourth-order valence-corrected chi connectivity index (χ4v) is 2.12. The molecule has 1 aromatic carbocycles. The molecule has 3 heteroatoms. The zero-order chi connectivity index (χ0) is 14.8. The predicted molar refractivity (Wildman–Crippen MR) is 78.3 cm³/mol. The summed E-state index contributed by atoms with van der Waals surface area (Å²) in [6.45, 7) is 2.18. The molecule has 0 bridgehead atoms. The van der Waals surface area contributed by atoms with Crippen LogP contribution in [0.4, 0.5) is 4.39 Å². The summed E-state index contributed by atoms with van der Waals surface area (Å²) in [5, 5.41) is 0. The second-order valence-electron chi connectivity index (χ2n) is 5.13. The van der Waals surface area contributed by atoms with Crippen LogP contribution >= 0.6 is 0 Å². The monoisotopic (exact) mass is 278 g/mol. The van der Waals surface area contributed by atoms with Gasteiger partial charge in [0.1, 0.15) is 5.82 Å². The molecule has 20 heavy (non-hydrogen) atoms. The Bertz CT molecular complexity index is 423. The average molecular weight is 278 g/mol. The molecule has 1 aromatic rings. The summed E-state index contributed by atoms with van der Waals surface area (Å²) in [5.74, 6) is -1.28. The number of rotatable bonds is 10. The third-order valence-corrected chi connectivity index (χ3v) is 3.37. The van der Waals surface area contributed by atoms with Gasteiger partial charge in [0.25, 0.3) is 0 Å². The fourth-order valence-electron chi connectivity index (χ4n) is 2.12. The van der Waals surface area contributed by atoms with E-state index in [1.807, 2.05) is 0 Å². The molecule has 0 N–H and O–H groups in total. The summed E-state index contributed by atoms with van der Waals surface area (Å²) < 4.78 is 12.7. The minimum Gasteiger partial charge on any atom is -0.290 e. The van der Waals surface area contributed by atoms with Gasteiger partial charge in [0.05, 0.1) is 0 Å². The molecule has 0 aliphatic rings. The summed E-state index contributed by atoms with van der Waals surface area (Å²) in [7, 11) is 0. The highest BCUT2D eigenvalue weighted by molar-refractivity contribution is 6.43.